The van der Waals surface area contributed by atoms with Gasteiger partial charge in [-0.15, -0.1) is 11.3 Å². The molecule has 1 aromatic heterocycles. The minimum absolute atomic E-state index is 0.117. The van der Waals surface area contributed by atoms with Gasteiger partial charge in [0.25, 0.3) is 0 Å². The molecule has 1 N–H and O–H groups in total. The molecule has 2 aliphatic heterocycles. The maximum atomic E-state index is 13.1. The van der Waals surface area contributed by atoms with Crippen molar-refractivity contribution in [3.8, 4) is 17.0 Å². The average Bonchev–Trinajstić information content (AvgIpc) is 3.77. The number of sulfonamides is 1. The molecule has 0 unspecified atom stereocenters. The number of ether oxygens (including phenoxy) is 1. The molecule has 2 aliphatic carbocycles. The molecule has 2 saturated heterocycles. The molecule has 3 heterocycles. The highest BCUT2D eigenvalue weighted by Crippen LogP contribution is 2.39. The lowest BCUT2D eigenvalue weighted by Gasteiger charge is -2.42. The van der Waals surface area contributed by atoms with Crippen molar-refractivity contribution < 1.29 is 17.9 Å². The maximum absolute atomic E-state index is 13.1. The standard InChI is InChI=1S/C29H41N5O4S2/c1-38-27-10-7-22(21-5-3-2-4-6-21)19-25(27)26-20-39-28(30-26)31-29(35)33-17-15-32(16-18-33)23-11-13-34(14-12-23)40(36,37)24-8-9-24/h7,10,19-21,23-24H,2-6,8-9,11-18H2,1H3,(H,30,31,35). The number of amides is 2. The van der Waals surface area contributed by atoms with Crippen molar-refractivity contribution in [3.63, 3.8) is 0 Å². The summed E-state index contributed by atoms with van der Waals surface area (Å²) in [5, 5.41) is 5.47. The average molecular weight is 588 g/mol. The Morgan fingerprint density at radius 3 is 2.38 bits per heavy atom. The number of urea groups is 1. The fourth-order valence-electron chi connectivity index (χ4n) is 6.57. The van der Waals surface area contributed by atoms with E-state index in [2.05, 4.69) is 22.3 Å². The van der Waals surface area contributed by atoms with E-state index in [1.54, 1.807) is 11.4 Å². The summed E-state index contributed by atoms with van der Waals surface area (Å²) in [6.45, 7) is 4.16. The SMILES string of the molecule is COc1ccc(C2CCCCC2)cc1-c1csc(NC(=O)N2CCN(C3CCN(S(=O)(=O)C4CC4)CC3)CC2)n1. The van der Waals surface area contributed by atoms with Crippen LogP contribution in [0.1, 0.15) is 69.3 Å². The van der Waals surface area contributed by atoms with Gasteiger partial charge in [-0.1, -0.05) is 25.3 Å². The molecule has 0 bridgehead atoms. The van der Waals surface area contributed by atoms with E-state index >= 15 is 0 Å². The van der Waals surface area contributed by atoms with Gasteiger partial charge in [-0.25, -0.2) is 22.5 Å². The zero-order chi connectivity index (χ0) is 27.7. The second kappa shape index (κ2) is 12.0. The van der Waals surface area contributed by atoms with Gasteiger partial charge in [0.05, 0.1) is 18.1 Å². The lowest BCUT2D eigenvalue weighted by Crippen LogP contribution is -2.55. The van der Waals surface area contributed by atoms with Gasteiger partial charge in [0.1, 0.15) is 5.75 Å². The summed E-state index contributed by atoms with van der Waals surface area (Å²) < 4.78 is 32.4. The second-order valence-electron chi connectivity index (χ2n) is 11.7. The molecule has 0 atom stereocenters. The van der Waals surface area contributed by atoms with E-state index in [0.717, 1.165) is 55.8 Å². The third-order valence-electron chi connectivity index (χ3n) is 9.14. The van der Waals surface area contributed by atoms with E-state index in [0.29, 0.717) is 43.3 Å². The van der Waals surface area contributed by atoms with Crippen molar-refractivity contribution >= 4 is 32.5 Å². The highest BCUT2D eigenvalue weighted by molar-refractivity contribution is 7.90. The molecule has 11 heteroatoms. The van der Waals surface area contributed by atoms with Crippen LogP contribution in [0.4, 0.5) is 9.93 Å². The predicted octanol–water partition coefficient (Wildman–Crippen LogP) is 4.97. The number of rotatable bonds is 7. The smallest absolute Gasteiger partial charge is 0.323 e. The lowest BCUT2D eigenvalue weighted by molar-refractivity contribution is 0.0867. The van der Waals surface area contributed by atoms with Crippen molar-refractivity contribution in [2.24, 2.45) is 0 Å². The highest BCUT2D eigenvalue weighted by atomic mass is 32.2. The summed E-state index contributed by atoms with van der Waals surface area (Å²) in [6.07, 6.45) is 9.74. The van der Waals surface area contributed by atoms with E-state index < -0.39 is 10.0 Å². The molecular formula is C29H41N5O4S2. The zero-order valence-corrected chi connectivity index (χ0v) is 25.0. The number of piperazine rings is 1. The number of carbonyl (C=O) groups excluding carboxylic acids is 1. The summed E-state index contributed by atoms with van der Waals surface area (Å²) in [6, 6.07) is 6.73. The van der Waals surface area contributed by atoms with Crippen LogP contribution in [0.25, 0.3) is 11.3 Å². The first-order valence-electron chi connectivity index (χ1n) is 14.8. The van der Waals surface area contributed by atoms with Gasteiger partial charge in [-0.3, -0.25) is 10.2 Å². The Kier molecular flexibility index (Phi) is 8.35. The second-order valence-corrected chi connectivity index (χ2v) is 14.7. The maximum Gasteiger partial charge on any atom is 0.323 e. The van der Waals surface area contributed by atoms with Gasteiger partial charge in [0, 0.05) is 56.3 Å². The van der Waals surface area contributed by atoms with Crippen LogP contribution >= 0.6 is 11.3 Å². The molecule has 40 heavy (non-hydrogen) atoms. The topological polar surface area (TPSA) is 95.1 Å². The van der Waals surface area contributed by atoms with Crippen LogP contribution in [-0.4, -0.2) is 91.2 Å². The Morgan fingerprint density at radius 2 is 1.70 bits per heavy atom. The molecule has 6 rings (SSSR count). The molecule has 4 aliphatic rings. The van der Waals surface area contributed by atoms with Gasteiger partial charge in [-0.2, -0.15) is 0 Å². The first kappa shape index (κ1) is 27.9. The molecule has 2 aromatic rings. The number of anilines is 1. The van der Waals surface area contributed by atoms with Gasteiger partial charge in [-0.05, 0) is 62.1 Å². The summed E-state index contributed by atoms with van der Waals surface area (Å²) in [5.41, 5.74) is 3.16. The Bertz CT molecular complexity index is 1290. The quantitative estimate of drug-likeness (QED) is 0.492. The number of methoxy groups -OCH3 is 1. The highest BCUT2D eigenvalue weighted by Gasteiger charge is 2.42. The molecule has 1 aromatic carbocycles. The van der Waals surface area contributed by atoms with Crippen LogP contribution in [0.5, 0.6) is 5.75 Å². The fourth-order valence-corrected chi connectivity index (χ4v) is 9.14. The number of aromatic nitrogens is 1. The fraction of sp³-hybridized carbons (Fsp3) is 0.655. The molecule has 0 radical (unpaired) electrons. The molecule has 218 valence electrons. The molecular weight excluding hydrogens is 546 g/mol. The summed E-state index contributed by atoms with van der Waals surface area (Å²) in [4.78, 5) is 22.1. The minimum Gasteiger partial charge on any atom is -0.496 e. The van der Waals surface area contributed by atoms with E-state index in [9.17, 15) is 13.2 Å². The van der Waals surface area contributed by atoms with Crippen molar-refractivity contribution in [1.29, 1.82) is 0 Å². The number of thiazole rings is 1. The zero-order valence-electron chi connectivity index (χ0n) is 23.4. The number of carbonyl (C=O) groups is 1. The van der Waals surface area contributed by atoms with Gasteiger partial charge >= 0.3 is 6.03 Å². The molecule has 2 amide bonds. The predicted molar refractivity (Wildman–Crippen MR) is 159 cm³/mol. The summed E-state index contributed by atoms with van der Waals surface area (Å²) in [7, 11) is -1.39. The van der Waals surface area contributed by atoms with Crippen molar-refractivity contribution in [2.75, 3.05) is 51.7 Å². The van der Waals surface area contributed by atoms with Crippen LogP contribution in [0.3, 0.4) is 0 Å². The van der Waals surface area contributed by atoms with Crippen molar-refractivity contribution in [1.82, 2.24) is 19.1 Å². The Balaban J connectivity index is 1.02. The van der Waals surface area contributed by atoms with Gasteiger partial charge in [0.15, 0.2) is 5.13 Å². The Morgan fingerprint density at radius 1 is 0.975 bits per heavy atom. The number of hydrogen-bond acceptors (Lipinski definition) is 7. The normalized spacial score (nSPS) is 22.4. The van der Waals surface area contributed by atoms with E-state index in [1.165, 1.54) is 49.0 Å². The largest absolute Gasteiger partial charge is 0.496 e. The summed E-state index contributed by atoms with van der Waals surface area (Å²) >= 11 is 1.44. The number of benzene rings is 1. The van der Waals surface area contributed by atoms with Crippen LogP contribution in [0.2, 0.25) is 0 Å². The van der Waals surface area contributed by atoms with Gasteiger partial charge in [0.2, 0.25) is 10.0 Å². The molecule has 2 saturated carbocycles. The number of nitrogens with one attached hydrogen (secondary N) is 1. The number of nitrogens with zero attached hydrogens (tertiary/aromatic N) is 4. The van der Waals surface area contributed by atoms with Crippen LogP contribution in [0.15, 0.2) is 23.6 Å². The first-order chi connectivity index (χ1) is 19.4. The minimum atomic E-state index is -3.08. The first-order valence-corrected chi connectivity index (χ1v) is 17.2. The van der Waals surface area contributed by atoms with Crippen LogP contribution in [-0.2, 0) is 10.0 Å². The van der Waals surface area contributed by atoms with Crippen LogP contribution < -0.4 is 10.1 Å². The van der Waals surface area contributed by atoms with E-state index in [-0.39, 0.29) is 11.3 Å². The molecule has 9 nitrogen and oxygen atoms in total. The van der Waals surface area contributed by atoms with E-state index in [4.69, 9.17) is 9.72 Å². The lowest BCUT2D eigenvalue weighted by atomic mass is 9.83. The van der Waals surface area contributed by atoms with Crippen LogP contribution in [0, 0.1) is 0 Å². The van der Waals surface area contributed by atoms with Gasteiger partial charge < -0.3 is 9.64 Å². The number of piperidine rings is 1. The third-order valence-corrected chi connectivity index (χ3v) is 12.3. The van der Waals surface area contributed by atoms with Crippen molar-refractivity contribution in [2.45, 2.75) is 75.0 Å². The number of hydrogen-bond donors (Lipinski definition) is 1. The molecule has 4 fully saturated rings. The molecule has 0 spiro atoms. The monoisotopic (exact) mass is 587 g/mol. The Hall–Kier alpha value is -2.21. The Labute approximate surface area is 241 Å². The summed E-state index contributed by atoms with van der Waals surface area (Å²) in [5.74, 6) is 1.40. The van der Waals surface area contributed by atoms with Crippen molar-refractivity contribution in [3.05, 3.63) is 29.1 Å². The third kappa shape index (κ3) is 6.03. The van der Waals surface area contributed by atoms with E-state index in [1.807, 2.05) is 16.3 Å².